The Hall–Kier alpha value is -3.02. The second kappa shape index (κ2) is 14.9. The first-order chi connectivity index (χ1) is 10.7. The van der Waals surface area contributed by atoms with Gasteiger partial charge < -0.3 is 32.0 Å². The van der Waals surface area contributed by atoms with Crippen LogP contribution < -0.4 is 17.8 Å². The van der Waals surface area contributed by atoms with E-state index in [-0.39, 0.29) is 18.4 Å². The van der Waals surface area contributed by atoms with E-state index >= 15 is 0 Å². The molecule has 1 aromatic carbocycles. The number of hydrogen-bond donors (Lipinski definition) is 6. The van der Waals surface area contributed by atoms with Gasteiger partial charge in [0.2, 0.25) is 5.78 Å². The summed E-state index contributed by atoms with van der Waals surface area (Å²) in [6.07, 6.45) is 0.330. The predicted octanol–water partition coefficient (Wildman–Crippen LogP) is -0.798. The summed E-state index contributed by atoms with van der Waals surface area (Å²) >= 11 is 0. The fourth-order valence-electron chi connectivity index (χ4n) is 1.06. The number of aliphatic carboxylic acids is 1. The molecule has 0 aliphatic rings. The van der Waals surface area contributed by atoms with Crippen LogP contribution in [-0.4, -0.2) is 45.6 Å². The molecular formula is C13H21N3O8. The van der Waals surface area contributed by atoms with Crippen LogP contribution in [0.15, 0.2) is 24.3 Å². The molecule has 10 N–H and O–H groups in total. The molecule has 11 heteroatoms. The molecule has 0 heterocycles. The highest BCUT2D eigenvalue weighted by Crippen LogP contribution is 2.10. The number of rotatable bonds is 4. The van der Waals surface area contributed by atoms with Crippen molar-refractivity contribution in [2.24, 2.45) is 11.6 Å². The molecule has 0 saturated heterocycles. The molecule has 0 amide bonds. The first kappa shape index (κ1) is 25.9. The highest BCUT2D eigenvalue weighted by molar-refractivity contribution is 6.31. The second-order valence-corrected chi connectivity index (χ2v) is 3.88. The summed E-state index contributed by atoms with van der Waals surface area (Å²) < 4.78 is 0. The third kappa shape index (κ3) is 13.9. The molecule has 11 nitrogen and oxygen atoms in total. The van der Waals surface area contributed by atoms with E-state index in [9.17, 15) is 14.4 Å². The molecule has 136 valence electrons. The molecule has 0 fully saturated rings. The van der Waals surface area contributed by atoms with E-state index in [1.807, 2.05) is 0 Å². The zero-order valence-electron chi connectivity index (χ0n) is 12.9. The van der Waals surface area contributed by atoms with E-state index in [1.54, 1.807) is 12.1 Å². The SMILES string of the molecule is CC(=O)C(=O)O.N.NOC(=O)[C@@H](N)Cc1ccc(O)cc1.O=CO. The number of nitrogens with two attached hydrogens (primary N) is 2. The van der Waals surface area contributed by atoms with E-state index in [2.05, 4.69) is 10.7 Å². The second-order valence-electron chi connectivity index (χ2n) is 3.88. The molecule has 0 radical (unpaired) electrons. The van der Waals surface area contributed by atoms with Gasteiger partial charge in [0.05, 0.1) is 0 Å². The quantitative estimate of drug-likeness (QED) is 0.224. The van der Waals surface area contributed by atoms with Gasteiger partial charge in [0.1, 0.15) is 11.8 Å². The van der Waals surface area contributed by atoms with E-state index in [4.69, 9.17) is 25.8 Å². The summed E-state index contributed by atoms with van der Waals surface area (Å²) in [7, 11) is 0. The van der Waals surface area contributed by atoms with Crippen LogP contribution in [0.3, 0.4) is 0 Å². The Kier molecular flexibility index (Phi) is 16.1. The van der Waals surface area contributed by atoms with Gasteiger partial charge in [0.25, 0.3) is 6.47 Å². The summed E-state index contributed by atoms with van der Waals surface area (Å²) in [4.78, 5) is 42.1. The van der Waals surface area contributed by atoms with Crippen molar-refractivity contribution in [1.82, 2.24) is 6.15 Å². The fourth-order valence-corrected chi connectivity index (χ4v) is 1.06. The molecule has 0 aliphatic carbocycles. The Morgan fingerprint density at radius 1 is 1.25 bits per heavy atom. The van der Waals surface area contributed by atoms with E-state index in [0.29, 0.717) is 6.42 Å². The van der Waals surface area contributed by atoms with Gasteiger partial charge in [0, 0.05) is 6.92 Å². The largest absolute Gasteiger partial charge is 0.508 e. The zero-order valence-corrected chi connectivity index (χ0v) is 12.9. The van der Waals surface area contributed by atoms with Crippen molar-refractivity contribution >= 4 is 24.2 Å². The maximum absolute atomic E-state index is 10.9. The van der Waals surface area contributed by atoms with Crippen LogP contribution in [0.5, 0.6) is 5.75 Å². The first-order valence-corrected chi connectivity index (χ1v) is 5.95. The Labute approximate surface area is 137 Å². The number of ketones is 1. The average molecular weight is 347 g/mol. The van der Waals surface area contributed by atoms with Crippen molar-refractivity contribution in [3.63, 3.8) is 0 Å². The minimum Gasteiger partial charge on any atom is -0.508 e. The number of carboxylic acid groups (broad SMARTS) is 2. The van der Waals surface area contributed by atoms with Crippen LogP contribution in [0.2, 0.25) is 0 Å². The minimum atomic E-state index is -1.38. The van der Waals surface area contributed by atoms with Crippen molar-refractivity contribution in [1.29, 1.82) is 0 Å². The maximum atomic E-state index is 10.9. The van der Waals surface area contributed by atoms with E-state index in [1.165, 1.54) is 12.1 Å². The average Bonchev–Trinajstić information content (AvgIpc) is 2.50. The number of aromatic hydroxyl groups is 1. The van der Waals surface area contributed by atoms with Gasteiger partial charge in [-0.15, -0.1) is 0 Å². The number of benzene rings is 1. The molecule has 0 spiro atoms. The molecule has 0 bridgehead atoms. The molecule has 0 aromatic heterocycles. The van der Waals surface area contributed by atoms with Crippen molar-refractivity contribution in [2.45, 2.75) is 19.4 Å². The summed E-state index contributed by atoms with van der Waals surface area (Å²) in [6, 6.07) is 5.63. The maximum Gasteiger partial charge on any atom is 0.371 e. The van der Waals surface area contributed by atoms with Crippen LogP contribution >= 0.6 is 0 Å². The van der Waals surface area contributed by atoms with Gasteiger partial charge in [-0.05, 0) is 24.1 Å². The number of carbonyl (C=O) groups is 4. The van der Waals surface area contributed by atoms with E-state index in [0.717, 1.165) is 12.5 Å². The van der Waals surface area contributed by atoms with Crippen molar-refractivity contribution < 1.29 is 39.3 Å². The lowest BCUT2D eigenvalue weighted by atomic mass is 10.1. The third-order valence-corrected chi connectivity index (χ3v) is 2.11. The standard InChI is InChI=1S/C9H12N2O3.C3H4O3.CH2O2.H3N/c10-8(9(13)14-11)5-6-1-3-7(12)4-2-6;1-2(4)3(5)6;2-1-3;/h1-4,8,12H,5,10-11H2;1H3,(H,5,6);1H,(H,2,3);1H3/t8-;;;/m0.../s1. The number of Topliss-reactive ketones (excluding diaryl/α,β-unsaturated/α-hetero) is 1. The third-order valence-electron chi connectivity index (χ3n) is 2.11. The number of phenolic OH excluding ortho intramolecular Hbond substituents is 1. The number of phenols is 1. The number of carboxylic acids is 1. The van der Waals surface area contributed by atoms with Crippen molar-refractivity contribution in [3.8, 4) is 5.75 Å². The van der Waals surface area contributed by atoms with Gasteiger partial charge in [-0.2, -0.15) is 5.90 Å². The smallest absolute Gasteiger partial charge is 0.371 e. The van der Waals surface area contributed by atoms with Crippen LogP contribution in [0.1, 0.15) is 12.5 Å². The monoisotopic (exact) mass is 347 g/mol. The van der Waals surface area contributed by atoms with Gasteiger partial charge in [-0.3, -0.25) is 9.59 Å². The molecule has 24 heavy (non-hydrogen) atoms. The summed E-state index contributed by atoms with van der Waals surface area (Å²) in [5, 5.41) is 23.5. The Bertz CT molecular complexity index is 506. The van der Waals surface area contributed by atoms with Crippen molar-refractivity contribution in [2.75, 3.05) is 0 Å². The minimum absolute atomic E-state index is 0. The molecule has 1 aromatic rings. The topological polar surface area (TPSA) is 225 Å². The molecule has 0 unspecified atom stereocenters. The number of hydrogen-bond acceptors (Lipinski definition) is 9. The normalized spacial score (nSPS) is 9.46. The van der Waals surface area contributed by atoms with Crippen LogP contribution in [0, 0.1) is 0 Å². The lowest BCUT2D eigenvalue weighted by molar-refractivity contribution is -0.148. The molecule has 1 atom stereocenters. The molecule has 1 rings (SSSR count). The number of carbonyl (C=O) groups excluding carboxylic acids is 2. The molecular weight excluding hydrogens is 326 g/mol. The lowest BCUT2D eigenvalue weighted by Crippen LogP contribution is -2.35. The highest BCUT2D eigenvalue weighted by atomic mass is 16.7. The molecule has 0 saturated carbocycles. The Morgan fingerprint density at radius 3 is 1.92 bits per heavy atom. The van der Waals surface area contributed by atoms with Crippen molar-refractivity contribution in [3.05, 3.63) is 29.8 Å². The summed E-state index contributed by atoms with van der Waals surface area (Å²) in [5.41, 5.74) is 6.31. The van der Waals surface area contributed by atoms with Crippen LogP contribution in [0.25, 0.3) is 0 Å². The van der Waals surface area contributed by atoms with Gasteiger partial charge in [-0.1, -0.05) is 12.1 Å². The summed E-state index contributed by atoms with van der Waals surface area (Å²) in [6.45, 7) is 0.752. The Balaban J connectivity index is -0.000000372. The predicted molar refractivity (Wildman–Crippen MR) is 82.1 cm³/mol. The Morgan fingerprint density at radius 2 is 1.62 bits per heavy atom. The lowest BCUT2D eigenvalue weighted by Gasteiger charge is -2.08. The highest BCUT2D eigenvalue weighted by Gasteiger charge is 2.14. The summed E-state index contributed by atoms with van der Waals surface area (Å²) in [5.74, 6) is 1.99. The van der Waals surface area contributed by atoms with E-state index < -0.39 is 23.8 Å². The van der Waals surface area contributed by atoms with Gasteiger partial charge in [0.15, 0.2) is 0 Å². The fraction of sp³-hybridized carbons (Fsp3) is 0.231. The molecule has 0 aliphatic heterocycles. The van der Waals surface area contributed by atoms with Crippen LogP contribution in [0.4, 0.5) is 0 Å². The van der Waals surface area contributed by atoms with Gasteiger partial charge >= 0.3 is 11.9 Å². The first-order valence-electron chi connectivity index (χ1n) is 5.95. The van der Waals surface area contributed by atoms with Crippen LogP contribution in [-0.2, 0) is 30.4 Å². The zero-order chi connectivity index (χ0) is 18.4. The van der Waals surface area contributed by atoms with Gasteiger partial charge in [-0.25, -0.2) is 9.59 Å².